The Morgan fingerprint density at radius 3 is 2.60 bits per heavy atom. The quantitative estimate of drug-likeness (QED) is 0.445. The number of esters is 1. The molecule has 0 atom stereocenters. The van der Waals surface area contributed by atoms with Gasteiger partial charge in [0.25, 0.3) is 6.43 Å². The fourth-order valence-corrected chi connectivity index (χ4v) is 2.56. The zero-order chi connectivity index (χ0) is 18.6. The fourth-order valence-electron chi connectivity index (χ4n) is 2.10. The molecule has 0 saturated carbocycles. The molecule has 0 radical (unpaired) electrons. The van der Waals surface area contributed by atoms with Gasteiger partial charge >= 0.3 is 5.97 Å². The van der Waals surface area contributed by atoms with E-state index in [9.17, 15) is 18.0 Å². The van der Waals surface area contributed by atoms with E-state index < -0.39 is 23.8 Å². The summed E-state index contributed by atoms with van der Waals surface area (Å²) in [5, 5.41) is 0. The molecule has 0 N–H and O–H groups in total. The normalized spacial score (nSPS) is 10.8. The van der Waals surface area contributed by atoms with E-state index >= 15 is 0 Å². The molecule has 2 aromatic rings. The van der Waals surface area contributed by atoms with Gasteiger partial charge in [0.15, 0.2) is 0 Å². The first-order chi connectivity index (χ1) is 11.8. The van der Waals surface area contributed by atoms with Crippen molar-refractivity contribution < 1.29 is 27.4 Å². The van der Waals surface area contributed by atoms with Crippen LogP contribution in [0.5, 0.6) is 11.5 Å². The van der Waals surface area contributed by atoms with E-state index in [1.165, 1.54) is 6.92 Å². The van der Waals surface area contributed by atoms with Crippen molar-refractivity contribution >= 4 is 21.9 Å². The molecule has 2 aromatic carbocycles. The van der Waals surface area contributed by atoms with Crippen molar-refractivity contribution in [3.8, 4) is 11.5 Å². The summed E-state index contributed by atoms with van der Waals surface area (Å²) in [5.74, 6) is -1.06. The smallest absolute Gasteiger partial charge is 0.310 e. The van der Waals surface area contributed by atoms with Crippen LogP contribution < -0.4 is 9.47 Å². The van der Waals surface area contributed by atoms with Gasteiger partial charge in [-0.25, -0.2) is 13.2 Å². The summed E-state index contributed by atoms with van der Waals surface area (Å²) >= 11 is 3.31. The standard InChI is InChI=1S/C18H16BrF3O3/c1-3-17(23)25-15-6-4-5-13(19)12(15)9-24-16-8-14(20)10(2)7-11(16)18(21)22/h4-8,18H,3,9H2,1-2H3. The van der Waals surface area contributed by atoms with Crippen LogP contribution in [0.2, 0.25) is 0 Å². The average Bonchev–Trinajstić information content (AvgIpc) is 2.56. The summed E-state index contributed by atoms with van der Waals surface area (Å²) < 4.78 is 51.3. The second-order valence-corrected chi connectivity index (χ2v) is 6.13. The Morgan fingerprint density at radius 2 is 1.96 bits per heavy atom. The van der Waals surface area contributed by atoms with Crippen molar-refractivity contribution in [3.63, 3.8) is 0 Å². The number of ether oxygens (including phenoxy) is 2. The summed E-state index contributed by atoms with van der Waals surface area (Å²) in [4.78, 5) is 11.5. The number of hydrogen-bond acceptors (Lipinski definition) is 3. The molecule has 0 spiro atoms. The van der Waals surface area contributed by atoms with Gasteiger partial charge in [-0.15, -0.1) is 0 Å². The minimum atomic E-state index is -2.80. The molecule has 0 amide bonds. The van der Waals surface area contributed by atoms with Gasteiger partial charge in [0, 0.05) is 22.5 Å². The van der Waals surface area contributed by atoms with Crippen LogP contribution >= 0.6 is 15.9 Å². The highest BCUT2D eigenvalue weighted by molar-refractivity contribution is 9.10. The lowest BCUT2D eigenvalue weighted by Crippen LogP contribution is -2.09. The highest BCUT2D eigenvalue weighted by atomic mass is 79.9. The third kappa shape index (κ3) is 4.75. The summed E-state index contributed by atoms with van der Waals surface area (Å²) in [6.45, 7) is 2.89. The number of halogens is 4. The number of aryl methyl sites for hydroxylation is 1. The van der Waals surface area contributed by atoms with E-state index in [2.05, 4.69) is 15.9 Å². The maximum Gasteiger partial charge on any atom is 0.310 e. The second-order valence-electron chi connectivity index (χ2n) is 5.27. The van der Waals surface area contributed by atoms with Gasteiger partial charge in [0.1, 0.15) is 23.9 Å². The summed E-state index contributed by atoms with van der Waals surface area (Å²) in [6, 6.07) is 6.94. The van der Waals surface area contributed by atoms with Gasteiger partial charge in [0.05, 0.1) is 5.56 Å². The molecule has 25 heavy (non-hydrogen) atoms. The molecule has 0 heterocycles. The van der Waals surface area contributed by atoms with Crippen molar-refractivity contribution in [2.24, 2.45) is 0 Å². The molecule has 0 aliphatic rings. The van der Waals surface area contributed by atoms with E-state index in [0.29, 0.717) is 10.0 Å². The minimum absolute atomic E-state index is 0.112. The van der Waals surface area contributed by atoms with Crippen LogP contribution in [-0.2, 0) is 11.4 Å². The van der Waals surface area contributed by atoms with Gasteiger partial charge < -0.3 is 9.47 Å². The van der Waals surface area contributed by atoms with Crippen LogP contribution in [0.15, 0.2) is 34.8 Å². The molecular weight excluding hydrogens is 401 g/mol. The number of alkyl halides is 2. The van der Waals surface area contributed by atoms with Crippen molar-refractivity contribution in [1.29, 1.82) is 0 Å². The van der Waals surface area contributed by atoms with Gasteiger partial charge in [0.2, 0.25) is 0 Å². The predicted molar refractivity (Wildman–Crippen MR) is 90.5 cm³/mol. The Hall–Kier alpha value is -2.02. The molecule has 134 valence electrons. The summed E-state index contributed by atoms with van der Waals surface area (Å²) in [6.07, 6.45) is -2.61. The Bertz CT molecular complexity index is 778. The minimum Gasteiger partial charge on any atom is -0.488 e. The van der Waals surface area contributed by atoms with Crippen LogP contribution in [0.3, 0.4) is 0 Å². The monoisotopic (exact) mass is 416 g/mol. The number of rotatable bonds is 6. The van der Waals surface area contributed by atoms with Crippen LogP contribution in [0.4, 0.5) is 13.2 Å². The molecule has 0 aliphatic carbocycles. The molecule has 0 unspecified atom stereocenters. The van der Waals surface area contributed by atoms with Crippen molar-refractivity contribution in [3.05, 3.63) is 57.3 Å². The molecule has 2 rings (SSSR count). The number of benzene rings is 2. The van der Waals surface area contributed by atoms with Crippen LogP contribution in [0, 0.1) is 12.7 Å². The largest absolute Gasteiger partial charge is 0.488 e. The first kappa shape index (κ1) is 19.3. The molecular formula is C18H16BrF3O3. The molecule has 0 aromatic heterocycles. The number of hydrogen-bond donors (Lipinski definition) is 0. The molecule has 0 aliphatic heterocycles. The van der Waals surface area contributed by atoms with Crippen molar-refractivity contribution in [2.45, 2.75) is 33.3 Å². The fraction of sp³-hybridized carbons (Fsp3) is 0.278. The lowest BCUT2D eigenvalue weighted by atomic mass is 10.1. The third-order valence-electron chi connectivity index (χ3n) is 3.49. The maximum atomic E-state index is 13.7. The zero-order valence-corrected chi connectivity index (χ0v) is 15.2. The molecule has 3 nitrogen and oxygen atoms in total. The first-order valence-electron chi connectivity index (χ1n) is 7.52. The SMILES string of the molecule is CCC(=O)Oc1cccc(Br)c1COc1cc(F)c(C)cc1C(F)F. The Morgan fingerprint density at radius 1 is 1.24 bits per heavy atom. The zero-order valence-electron chi connectivity index (χ0n) is 13.6. The second kappa shape index (κ2) is 8.38. The lowest BCUT2D eigenvalue weighted by molar-refractivity contribution is -0.134. The van der Waals surface area contributed by atoms with Gasteiger partial charge in [-0.3, -0.25) is 4.79 Å². The van der Waals surface area contributed by atoms with E-state index in [-0.39, 0.29) is 30.1 Å². The van der Waals surface area contributed by atoms with E-state index in [4.69, 9.17) is 9.47 Å². The van der Waals surface area contributed by atoms with Crippen LogP contribution in [0.1, 0.15) is 36.5 Å². The van der Waals surface area contributed by atoms with E-state index in [1.54, 1.807) is 25.1 Å². The topological polar surface area (TPSA) is 35.5 Å². The maximum absolute atomic E-state index is 13.7. The van der Waals surface area contributed by atoms with Crippen LogP contribution in [0.25, 0.3) is 0 Å². The van der Waals surface area contributed by atoms with Crippen molar-refractivity contribution in [2.75, 3.05) is 0 Å². The molecule has 7 heteroatoms. The molecule has 0 bridgehead atoms. The first-order valence-corrected chi connectivity index (χ1v) is 8.31. The van der Waals surface area contributed by atoms with Crippen molar-refractivity contribution in [1.82, 2.24) is 0 Å². The Labute approximate surface area is 151 Å². The van der Waals surface area contributed by atoms with E-state index in [0.717, 1.165) is 12.1 Å². The summed E-state index contributed by atoms with van der Waals surface area (Å²) in [5.41, 5.74) is 0.185. The molecule has 0 saturated heterocycles. The Kier molecular flexibility index (Phi) is 6.47. The highest BCUT2D eigenvalue weighted by Gasteiger charge is 2.19. The lowest BCUT2D eigenvalue weighted by Gasteiger charge is -2.15. The van der Waals surface area contributed by atoms with Gasteiger partial charge in [-0.2, -0.15) is 0 Å². The third-order valence-corrected chi connectivity index (χ3v) is 4.23. The average molecular weight is 417 g/mol. The van der Waals surface area contributed by atoms with Gasteiger partial charge in [-0.1, -0.05) is 28.9 Å². The number of carbonyl (C=O) groups excluding carboxylic acids is 1. The summed E-state index contributed by atoms with van der Waals surface area (Å²) in [7, 11) is 0. The predicted octanol–water partition coefficient (Wildman–Crippen LogP) is 5.73. The molecule has 0 fully saturated rings. The number of carbonyl (C=O) groups is 1. The Balaban J connectivity index is 2.30. The van der Waals surface area contributed by atoms with E-state index in [1.807, 2.05) is 0 Å². The highest BCUT2D eigenvalue weighted by Crippen LogP contribution is 2.34. The van der Waals surface area contributed by atoms with Crippen LogP contribution in [-0.4, -0.2) is 5.97 Å². The van der Waals surface area contributed by atoms with Gasteiger partial charge in [-0.05, 0) is 30.7 Å².